The van der Waals surface area contributed by atoms with E-state index in [0.29, 0.717) is 0 Å². The molecule has 0 atom stereocenters. The molecule has 1 radical (unpaired) electrons. The van der Waals surface area contributed by atoms with Crippen LogP contribution < -0.4 is 0 Å². The van der Waals surface area contributed by atoms with E-state index in [1.807, 2.05) is 12.1 Å². The van der Waals surface area contributed by atoms with E-state index >= 15 is 0 Å². The van der Waals surface area contributed by atoms with E-state index in [0.717, 1.165) is 18.6 Å². The quantitative estimate of drug-likeness (QED) is 0.621. The second-order valence-electron chi connectivity index (χ2n) is 3.49. The lowest BCUT2D eigenvalue weighted by atomic mass is 10.1. The Labute approximate surface area is 90.9 Å². The van der Waals surface area contributed by atoms with Crippen molar-refractivity contribution in [1.82, 2.24) is 0 Å². The van der Waals surface area contributed by atoms with Crippen molar-refractivity contribution in [1.29, 1.82) is 0 Å². The van der Waals surface area contributed by atoms with Gasteiger partial charge in [0.15, 0.2) is 0 Å². The number of hydrogen-bond donors (Lipinski definition) is 0. The SMILES string of the molecule is Fc1ccc(CCCCCC[S])cc1. The molecular formula is C12H16FS. The highest BCUT2D eigenvalue weighted by Crippen LogP contribution is 2.09. The van der Waals surface area contributed by atoms with Crippen LogP contribution in [0.1, 0.15) is 31.2 Å². The van der Waals surface area contributed by atoms with Gasteiger partial charge in [-0.3, -0.25) is 0 Å². The largest absolute Gasteiger partial charge is 0.207 e. The van der Waals surface area contributed by atoms with Gasteiger partial charge in [0, 0.05) is 5.75 Å². The van der Waals surface area contributed by atoms with Gasteiger partial charge in [0.25, 0.3) is 0 Å². The molecule has 0 spiro atoms. The summed E-state index contributed by atoms with van der Waals surface area (Å²) in [5, 5.41) is 0. The average Bonchev–Trinajstić information content (AvgIpc) is 2.21. The predicted octanol–water partition coefficient (Wildman–Crippen LogP) is 4.13. The first-order valence-electron chi connectivity index (χ1n) is 5.15. The molecule has 0 aliphatic carbocycles. The van der Waals surface area contributed by atoms with Crippen molar-refractivity contribution < 1.29 is 4.39 Å². The average molecular weight is 211 g/mol. The summed E-state index contributed by atoms with van der Waals surface area (Å²) in [6, 6.07) is 6.78. The molecular weight excluding hydrogens is 195 g/mol. The highest BCUT2D eigenvalue weighted by Gasteiger charge is 1.94. The standard InChI is InChI=1S/C12H16FS/c13-12-8-6-11(7-9-12)5-3-1-2-4-10-14/h6-9H,1-5,10H2. The Morgan fingerprint density at radius 1 is 0.929 bits per heavy atom. The minimum atomic E-state index is -0.153. The maximum atomic E-state index is 12.6. The zero-order valence-corrected chi connectivity index (χ0v) is 9.15. The van der Waals surface area contributed by atoms with Crippen molar-refractivity contribution in [3.63, 3.8) is 0 Å². The summed E-state index contributed by atoms with van der Waals surface area (Å²) in [6.45, 7) is 0. The number of benzene rings is 1. The summed E-state index contributed by atoms with van der Waals surface area (Å²) < 4.78 is 12.6. The second-order valence-corrected chi connectivity index (χ2v) is 3.90. The van der Waals surface area contributed by atoms with Gasteiger partial charge in [0.2, 0.25) is 0 Å². The van der Waals surface area contributed by atoms with Crippen LogP contribution in [0.4, 0.5) is 4.39 Å². The van der Waals surface area contributed by atoms with E-state index in [4.69, 9.17) is 12.6 Å². The van der Waals surface area contributed by atoms with Crippen molar-refractivity contribution in [3.05, 3.63) is 35.6 Å². The molecule has 0 aliphatic heterocycles. The molecule has 0 N–H and O–H groups in total. The van der Waals surface area contributed by atoms with Crippen molar-refractivity contribution in [2.45, 2.75) is 32.1 Å². The van der Waals surface area contributed by atoms with Crippen molar-refractivity contribution in [2.24, 2.45) is 0 Å². The molecule has 1 aromatic rings. The maximum Gasteiger partial charge on any atom is 0.123 e. The van der Waals surface area contributed by atoms with E-state index in [-0.39, 0.29) is 5.82 Å². The Hall–Kier alpha value is -0.500. The highest BCUT2D eigenvalue weighted by atomic mass is 32.1. The molecule has 0 heterocycles. The van der Waals surface area contributed by atoms with Crippen LogP contribution in [0, 0.1) is 5.82 Å². The van der Waals surface area contributed by atoms with Gasteiger partial charge < -0.3 is 0 Å². The molecule has 0 aromatic heterocycles. The van der Waals surface area contributed by atoms with Crippen molar-refractivity contribution in [2.75, 3.05) is 5.75 Å². The molecule has 2 heteroatoms. The Kier molecular flexibility index (Phi) is 5.69. The fourth-order valence-electron chi connectivity index (χ4n) is 1.44. The van der Waals surface area contributed by atoms with Gasteiger partial charge in [-0.1, -0.05) is 37.6 Å². The summed E-state index contributed by atoms with van der Waals surface area (Å²) in [7, 11) is 0. The minimum Gasteiger partial charge on any atom is -0.207 e. The number of hydrogen-bond acceptors (Lipinski definition) is 0. The van der Waals surface area contributed by atoms with Crippen molar-refractivity contribution in [3.8, 4) is 0 Å². The third-order valence-electron chi connectivity index (χ3n) is 2.27. The summed E-state index contributed by atoms with van der Waals surface area (Å²) in [5.41, 5.74) is 1.23. The lowest BCUT2D eigenvalue weighted by Crippen LogP contribution is -1.86. The van der Waals surface area contributed by atoms with Gasteiger partial charge in [0.1, 0.15) is 5.82 Å². The molecule has 1 aromatic carbocycles. The molecule has 0 amide bonds. The van der Waals surface area contributed by atoms with Gasteiger partial charge >= 0.3 is 0 Å². The monoisotopic (exact) mass is 211 g/mol. The summed E-state index contributed by atoms with van der Waals surface area (Å²) in [4.78, 5) is 0. The first kappa shape index (κ1) is 11.6. The van der Waals surface area contributed by atoms with Gasteiger partial charge in [-0.05, 0) is 37.0 Å². The van der Waals surface area contributed by atoms with Crippen LogP contribution in [0.5, 0.6) is 0 Å². The molecule has 0 saturated heterocycles. The number of aryl methyl sites for hydroxylation is 1. The molecule has 0 saturated carbocycles. The lowest BCUT2D eigenvalue weighted by molar-refractivity contribution is 0.625. The normalized spacial score (nSPS) is 10.4. The Morgan fingerprint density at radius 2 is 1.57 bits per heavy atom. The van der Waals surface area contributed by atoms with Crippen LogP contribution >= 0.6 is 12.6 Å². The van der Waals surface area contributed by atoms with Crippen LogP contribution in [0.3, 0.4) is 0 Å². The third kappa shape index (κ3) is 4.66. The topological polar surface area (TPSA) is 0 Å². The zero-order chi connectivity index (χ0) is 10.2. The summed E-state index contributed by atoms with van der Waals surface area (Å²) in [6.07, 6.45) is 5.84. The molecule has 1 rings (SSSR count). The second kappa shape index (κ2) is 6.88. The number of unbranched alkanes of at least 4 members (excludes halogenated alkanes) is 3. The van der Waals surface area contributed by atoms with Crippen LogP contribution in [0.15, 0.2) is 24.3 Å². The molecule has 0 unspecified atom stereocenters. The Balaban J connectivity index is 2.15. The minimum absolute atomic E-state index is 0.153. The smallest absolute Gasteiger partial charge is 0.123 e. The third-order valence-corrected chi connectivity index (χ3v) is 2.56. The van der Waals surface area contributed by atoms with E-state index in [1.54, 1.807) is 0 Å². The van der Waals surface area contributed by atoms with E-state index in [1.165, 1.54) is 37.0 Å². The first-order valence-corrected chi connectivity index (χ1v) is 5.73. The molecule has 14 heavy (non-hydrogen) atoms. The van der Waals surface area contributed by atoms with Gasteiger partial charge in [0.05, 0.1) is 0 Å². The summed E-state index contributed by atoms with van der Waals surface area (Å²) >= 11 is 4.87. The van der Waals surface area contributed by atoms with E-state index in [2.05, 4.69) is 0 Å². The molecule has 0 bridgehead atoms. The van der Waals surface area contributed by atoms with Crippen LogP contribution in [0.25, 0.3) is 0 Å². The first-order chi connectivity index (χ1) is 6.83. The fourth-order valence-corrected chi connectivity index (χ4v) is 1.64. The summed E-state index contributed by atoms with van der Waals surface area (Å²) in [5.74, 6) is 0.719. The van der Waals surface area contributed by atoms with E-state index < -0.39 is 0 Å². The maximum absolute atomic E-state index is 12.6. The highest BCUT2D eigenvalue weighted by molar-refractivity contribution is 7.80. The predicted molar refractivity (Wildman–Crippen MR) is 61.0 cm³/mol. The number of rotatable bonds is 6. The molecule has 0 fully saturated rings. The van der Waals surface area contributed by atoms with Crippen LogP contribution in [0.2, 0.25) is 0 Å². The van der Waals surface area contributed by atoms with Crippen LogP contribution in [-0.2, 0) is 6.42 Å². The van der Waals surface area contributed by atoms with Crippen molar-refractivity contribution >= 4 is 12.6 Å². The van der Waals surface area contributed by atoms with Crippen LogP contribution in [-0.4, -0.2) is 5.75 Å². The lowest BCUT2D eigenvalue weighted by Gasteiger charge is -2.00. The Bertz CT molecular complexity index is 243. The molecule has 77 valence electrons. The molecule has 0 aliphatic rings. The number of halogens is 1. The van der Waals surface area contributed by atoms with Gasteiger partial charge in [-0.25, -0.2) is 4.39 Å². The zero-order valence-electron chi connectivity index (χ0n) is 8.34. The molecule has 0 nitrogen and oxygen atoms in total. The fraction of sp³-hybridized carbons (Fsp3) is 0.500. The van der Waals surface area contributed by atoms with Gasteiger partial charge in [-0.15, -0.1) is 0 Å². The van der Waals surface area contributed by atoms with Gasteiger partial charge in [-0.2, -0.15) is 0 Å². The Morgan fingerprint density at radius 3 is 2.21 bits per heavy atom. The van der Waals surface area contributed by atoms with E-state index in [9.17, 15) is 4.39 Å².